The van der Waals surface area contributed by atoms with Gasteiger partial charge in [0.05, 0.1) is 5.69 Å². The molecule has 0 amide bonds. The quantitative estimate of drug-likeness (QED) is 0.911. The van der Waals surface area contributed by atoms with Crippen LogP contribution in [0.3, 0.4) is 0 Å². The maximum absolute atomic E-state index is 6.25. The molecule has 1 unspecified atom stereocenters. The fraction of sp³-hybridized carbons (Fsp3) is 0.786. The summed E-state index contributed by atoms with van der Waals surface area (Å²) in [6.45, 7) is 7.58. The highest BCUT2D eigenvalue weighted by Crippen LogP contribution is 2.35. The van der Waals surface area contributed by atoms with Gasteiger partial charge >= 0.3 is 0 Å². The maximum atomic E-state index is 6.25. The molecule has 1 fully saturated rings. The van der Waals surface area contributed by atoms with E-state index in [-0.39, 0.29) is 0 Å². The van der Waals surface area contributed by atoms with Gasteiger partial charge in [-0.1, -0.05) is 31.9 Å². The van der Waals surface area contributed by atoms with Gasteiger partial charge < -0.3 is 5.32 Å². The van der Waals surface area contributed by atoms with Crippen molar-refractivity contribution in [1.82, 2.24) is 15.1 Å². The first-order valence-electron chi connectivity index (χ1n) is 6.80. The van der Waals surface area contributed by atoms with E-state index in [9.17, 15) is 0 Å². The molecule has 1 heterocycles. The minimum Gasteiger partial charge on any atom is -0.310 e. The summed E-state index contributed by atoms with van der Waals surface area (Å²) >= 11 is 6.25. The fourth-order valence-corrected chi connectivity index (χ4v) is 3.23. The van der Waals surface area contributed by atoms with E-state index in [0.717, 1.165) is 23.0 Å². The number of hydrogen-bond donors (Lipinski definition) is 1. The van der Waals surface area contributed by atoms with Crippen molar-refractivity contribution in [1.29, 1.82) is 0 Å². The third-order valence-electron chi connectivity index (χ3n) is 4.04. The van der Waals surface area contributed by atoms with E-state index in [1.165, 1.54) is 25.7 Å². The molecule has 0 radical (unpaired) electrons. The van der Waals surface area contributed by atoms with E-state index in [1.807, 2.05) is 14.0 Å². The Hall–Kier alpha value is -0.540. The van der Waals surface area contributed by atoms with Crippen molar-refractivity contribution in [2.75, 3.05) is 0 Å². The number of aryl methyl sites for hydroxylation is 2. The van der Waals surface area contributed by atoms with Crippen LogP contribution in [0.1, 0.15) is 50.8 Å². The Morgan fingerprint density at radius 3 is 2.78 bits per heavy atom. The van der Waals surface area contributed by atoms with Crippen molar-refractivity contribution in [3.05, 3.63) is 16.4 Å². The second-order valence-electron chi connectivity index (χ2n) is 6.32. The molecule has 0 spiro atoms. The lowest BCUT2D eigenvalue weighted by atomic mass is 9.75. The van der Waals surface area contributed by atoms with Crippen LogP contribution >= 0.6 is 11.6 Å². The largest absolute Gasteiger partial charge is 0.310 e. The van der Waals surface area contributed by atoms with Crippen molar-refractivity contribution < 1.29 is 0 Å². The molecule has 18 heavy (non-hydrogen) atoms. The van der Waals surface area contributed by atoms with Gasteiger partial charge in [0.1, 0.15) is 5.15 Å². The molecule has 1 N–H and O–H groups in total. The molecule has 0 aromatic carbocycles. The summed E-state index contributed by atoms with van der Waals surface area (Å²) in [4.78, 5) is 0. The van der Waals surface area contributed by atoms with E-state index in [2.05, 4.69) is 24.3 Å². The first-order chi connectivity index (χ1) is 8.39. The monoisotopic (exact) mass is 269 g/mol. The molecular weight excluding hydrogens is 246 g/mol. The molecule has 1 saturated carbocycles. The van der Waals surface area contributed by atoms with Crippen molar-refractivity contribution in [2.24, 2.45) is 12.5 Å². The topological polar surface area (TPSA) is 29.9 Å². The van der Waals surface area contributed by atoms with Crippen LogP contribution in [0, 0.1) is 12.3 Å². The molecule has 102 valence electrons. The number of aromatic nitrogens is 2. The van der Waals surface area contributed by atoms with Gasteiger partial charge in [-0.3, -0.25) is 4.68 Å². The number of rotatable bonds is 3. The van der Waals surface area contributed by atoms with Gasteiger partial charge in [0.2, 0.25) is 0 Å². The van der Waals surface area contributed by atoms with Crippen LogP contribution < -0.4 is 5.32 Å². The number of nitrogens with zero attached hydrogens (tertiary/aromatic N) is 2. The van der Waals surface area contributed by atoms with Gasteiger partial charge in [-0.05, 0) is 31.6 Å². The van der Waals surface area contributed by atoms with Gasteiger partial charge in [0.25, 0.3) is 0 Å². The summed E-state index contributed by atoms with van der Waals surface area (Å²) in [5, 5.41) is 8.76. The lowest BCUT2D eigenvalue weighted by molar-refractivity contribution is 0.197. The minimum absolute atomic E-state index is 0.476. The molecule has 2 rings (SSSR count). The highest BCUT2D eigenvalue weighted by Gasteiger charge is 2.27. The van der Waals surface area contributed by atoms with E-state index < -0.39 is 0 Å². The Morgan fingerprint density at radius 2 is 2.22 bits per heavy atom. The number of hydrogen-bond acceptors (Lipinski definition) is 2. The zero-order valence-corrected chi connectivity index (χ0v) is 12.6. The van der Waals surface area contributed by atoms with E-state index >= 15 is 0 Å². The Kier molecular flexibility index (Phi) is 4.02. The van der Waals surface area contributed by atoms with Crippen LogP contribution in [-0.4, -0.2) is 15.8 Å². The van der Waals surface area contributed by atoms with Crippen LogP contribution in [0.25, 0.3) is 0 Å². The second-order valence-corrected chi connectivity index (χ2v) is 6.67. The Bertz CT molecular complexity index is 423. The standard InChI is InChI=1S/C14H24ClN3/c1-10-12(13(15)18(4)17-10)9-16-11-6-5-7-14(2,3)8-11/h11,16H,5-9H2,1-4H3. The van der Waals surface area contributed by atoms with Crippen LogP contribution in [0.5, 0.6) is 0 Å². The summed E-state index contributed by atoms with van der Waals surface area (Å²) in [6, 6.07) is 0.615. The smallest absolute Gasteiger partial charge is 0.131 e. The summed E-state index contributed by atoms with van der Waals surface area (Å²) < 4.78 is 1.75. The summed E-state index contributed by atoms with van der Waals surface area (Å²) in [6.07, 6.45) is 5.20. The third kappa shape index (κ3) is 3.07. The van der Waals surface area contributed by atoms with Gasteiger partial charge in [-0.15, -0.1) is 0 Å². The second kappa shape index (κ2) is 5.22. The van der Waals surface area contributed by atoms with E-state index in [4.69, 9.17) is 11.6 Å². The predicted molar refractivity (Wildman–Crippen MR) is 75.8 cm³/mol. The van der Waals surface area contributed by atoms with E-state index in [1.54, 1.807) is 4.68 Å². The lowest BCUT2D eigenvalue weighted by Gasteiger charge is -2.35. The SMILES string of the molecule is Cc1nn(C)c(Cl)c1CNC1CCCC(C)(C)C1. The zero-order chi connectivity index (χ0) is 13.3. The zero-order valence-electron chi connectivity index (χ0n) is 11.9. The molecule has 3 nitrogen and oxygen atoms in total. The normalized spacial score (nSPS) is 23.3. The average molecular weight is 270 g/mol. The first-order valence-corrected chi connectivity index (χ1v) is 7.18. The minimum atomic E-state index is 0.476. The Balaban J connectivity index is 1.95. The number of nitrogens with one attached hydrogen (secondary N) is 1. The van der Waals surface area contributed by atoms with Crippen molar-refractivity contribution >= 4 is 11.6 Å². The van der Waals surface area contributed by atoms with Gasteiger partial charge in [-0.25, -0.2) is 0 Å². The van der Waals surface area contributed by atoms with Gasteiger partial charge in [-0.2, -0.15) is 5.10 Å². The highest BCUT2D eigenvalue weighted by atomic mass is 35.5. The molecule has 4 heteroatoms. The Morgan fingerprint density at radius 1 is 1.50 bits per heavy atom. The summed E-state index contributed by atoms with van der Waals surface area (Å²) in [5.74, 6) is 0. The molecule has 0 aliphatic heterocycles. The molecule has 1 atom stereocenters. The van der Waals surface area contributed by atoms with Gasteiger partial charge in [0.15, 0.2) is 0 Å². The van der Waals surface area contributed by atoms with Crippen LogP contribution in [0.4, 0.5) is 0 Å². The molecule has 1 aromatic heterocycles. The van der Waals surface area contributed by atoms with Crippen LogP contribution in [0.15, 0.2) is 0 Å². The first kappa shape index (κ1) is 13.9. The summed E-state index contributed by atoms with van der Waals surface area (Å²) in [5.41, 5.74) is 2.65. The Labute approximate surface area is 115 Å². The van der Waals surface area contributed by atoms with Crippen LogP contribution in [-0.2, 0) is 13.6 Å². The fourth-order valence-electron chi connectivity index (χ4n) is 2.99. The maximum Gasteiger partial charge on any atom is 0.131 e. The van der Waals surface area contributed by atoms with Crippen molar-refractivity contribution in [2.45, 2.75) is 59.0 Å². The molecular formula is C14H24ClN3. The van der Waals surface area contributed by atoms with Crippen LogP contribution in [0.2, 0.25) is 5.15 Å². The predicted octanol–water partition coefficient (Wildman–Crippen LogP) is 3.44. The molecule has 1 aromatic rings. The lowest BCUT2D eigenvalue weighted by Crippen LogP contribution is -2.37. The highest BCUT2D eigenvalue weighted by molar-refractivity contribution is 6.30. The number of halogens is 1. The molecule has 1 aliphatic carbocycles. The molecule has 0 saturated heterocycles. The average Bonchev–Trinajstić information content (AvgIpc) is 2.50. The van der Waals surface area contributed by atoms with Gasteiger partial charge in [0, 0.05) is 25.2 Å². The van der Waals surface area contributed by atoms with Crippen molar-refractivity contribution in [3.8, 4) is 0 Å². The van der Waals surface area contributed by atoms with Crippen molar-refractivity contribution in [3.63, 3.8) is 0 Å². The molecule has 1 aliphatic rings. The third-order valence-corrected chi connectivity index (χ3v) is 4.52. The summed E-state index contributed by atoms with van der Waals surface area (Å²) in [7, 11) is 1.89. The van der Waals surface area contributed by atoms with E-state index in [0.29, 0.717) is 11.5 Å². The molecule has 0 bridgehead atoms.